The van der Waals surface area contributed by atoms with Crippen LogP contribution in [0.25, 0.3) is 6.08 Å². The van der Waals surface area contributed by atoms with E-state index in [2.05, 4.69) is 10.3 Å². The monoisotopic (exact) mass is 261 g/mol. The van der Waals surface area contributed by atoms with Gasteiger partial charge in [0.05, 0.1) is 18.0 Å². The highest BCUT2D eigenvalue weighted by Gasteiger charge is 2.02. The molecule has 0 atom stereocenters. The van der Waals surface area contributed by atoms with Crippen molar-refractivity contribution in [2.24, 2.45) is 0 Å². The minimum absolute atomic E-state index is 0.0701. The zero-order chi connectivity index (χ0) is 14.1. The maximum atomic E-state index is 11.1. The van der Waals surface area contributed by atoms with Gasteiger partial charge >= 0.3 is 5.97 Å². The number of pyridine rings is 1. The third-order valence-corrected chi connectivity index (χ3v) is 1.89. The number of carboxylic acids is 1. The van der Waals surface area contributed by atoms with Crippen LogP contribution in [0.5, 0.6) is 5.75 Å². The van der Waals surface area contributed by atoms with Crippen molar-refractivity contribution in [1.82, 2.24) is 10.3 Å². The third-order valence-electron chi connectivity index (χ3n) is 1.89. The van der Waals surface area contributed by atoms with Crippen molar-refractivity contribution in [3.8, 4) is 11.8 Å². The van der Waals surface area contributed by atoms with Gasteiger partial charge in [0.2, 0.25) is 0 Å². The van der Waals surface area contributed by atoms with Gasteiger partial charge in [0.1, 0.15) is 12.3 Å². The molecule has 7 nitrogen and oxygen atoms in total. The smallest absolute Gasteiger partial charge is 0.328 e. The number of aliphatic carboxylic acids is 1. The van der Waals surface area contributed by atoms with Crippen LogP contribution < -0.4 is 10.1 Å². The highest BCUT2D eigenvalue weighted by molar-refractivity contribution is 5.84. The van der Waals surface area contributed by atoms with E-state index < -0.39 is 11.9 Å². The van der Waals surface area contributed by atoms with Gasteiger partial charge in [-0.25, -0.2) is 4.79 Å². The van der Waals surface area contributed by atoms with E-state index in [1.165, 1.54) is 12.3 Å². The Balaban J connectivity index is 2.46. The molecular formula is C12H11N3O4. The van der Waals surface area contributed by atoms with Crippen LogP contribution in [0.2, 0.25) is 0 Å². The van der Waals surface area contributed by atoms with Gasteiger partial charge in [0.15, 0.2) is 6.61 Å². The van der Waals surface area contributed by atoms with Gasteiger partial charge in [-0.15, -0.1) is 0 Å². The summed E-state index contributed by atoms with van der Waals surface area (Å²) in [6.07, 6.45) is 3.68. The molecular weight excluding hydrogens is 250 g/mol. The van der Waals surface area contributed by atoms with Crippen LogP contribution in [-0.4, -0.2) is 35.1 Å². The maximum absolute atomic E-state index is 11.1. The lowest BCUT2D eigenvalue weighted by atomic mass is 10.3. The number of carbonyl (C=O) groups excluding carboxylic acids is 1. The number of nitrogens with one attached hydrogen (secondary N) is 1. The van der Waals surface area contributed by atoms with Gasteiger partial charge in [-0.2, -0.15) is 5.26 Å². The van der Waals surface area contributed by atoms with Crippen molar-refractivity contribution < 1.29 is 19.4 Å². The van der Waals surface area contributed by atoms with Gasteiger partial charge in [-0.3, -0.25) is 9.78 Å². The molecule has 0 bridgehead atoms. The van der Waals surface area contributed by atoms with Crippen LogP contribution in [-0.2, 0) is 9.59 Å². The quantitative estimate of drug-likeness (QED) is 0.558. The molecule has 1 aromatic rings. The number of carboxylic acid groups (broad SMARTS) is 1. The average Bonchev–Trinajstić information content (AvgIpc) is 2.41. The topological polar surface area (TPSA) is 112 Å². The van der Waals surface area contributed by atoms with Crippen molar-refractivity contribution in [2.75, 3.05) is 13.2 Å². The van der Waals surface area contributed by atoms with Crippen LogP contribution in [0.15, 0.2) is 24.4 Å². The van der Waals surface area contributed by atoms with E-state index in [0.717, 1.165) is 6.08 Å². The van der Waals surface area contributed by atoms with E-state index in [1.807, 2.05) is 0 Å². The second-order valence-corrected chi connectivity index (χ2v) is 3.31. The molecule has 0 aliphatic rings. The molecule has 7 heteroatoms. The molecule has 1 heterocycles. The molecule has 0 saturated heterocycles. The Morgan fingerprint density at radius 1 is 1.53 bits per heavy atom. The molecule has 0 aliphatic carbocycles. The van der Waals surface area contributed by atoms with Gasteiger partial charge in [0, 0.05) is 6.08 Å². The summed E-state index contributed by atoms with van der Waals surface area (Å²) in [7, 11) is 0. The molecule has 0 aliphatic heterocycles. The van der Waals surface area contributed by atoms with Crippen molar-refractivity contribution in [1.29, 1.82) is 5.26 Å². The molecule has 2 N–H and O–H groups in total. The molecule has 1 rings (SSSR count). The second kappa shape index (κ2) is 7.45. The molecule has 0 fully saturated rings. The molecule has 1 aromatic heterocycles. The first-order chi connectivity index (χ1) is 9.11. The van der Waals surface area contributed by atoms with E-state index in [0.29, 0.717) is 11.4 Å². The fourth-order valence-corrected chi connectivity index (χ4v) is 1.07. The number of carbonyl (C=O) groups is 2. The standard InChI is InChI=1S/C12H11N3O4/c13-5-6-14-11(16)8-19-10-3-1-9(15-7-10)2-4-12(17)18/h1-4,7H,6,8H2,(H,14,16)(H,17,18). The SMILES string of the molecule is N#CCNC(=O)COc1ccc(C=CC(=O)O)nc1. The lowest BCUT2D eigenvalue weighted by molar-refractivity contribution is -0.131. The second-order valence-electron chi connectivity index (χ2n) is 3.31. The zero-order valence-electron chi connectivity index (χ0n) is 9.87. The number of ether oxygens (including phenoxy) is 1. The van der Waals surface area contributed by atoms with Gasteiger partial charge in [0.25, 0.3) is 5.91 Å². The Bertz CT molecular complexity index is 517. The lowest BCUT2D eigenvalue weighted by Gasteiger charge is -2.05. The normalized spacial score (nSPS) is 9.84. The highest BCUT2D eigenvalue weighted by Crippen LogP contribution is 2.09. The Morgan fingerprint density at radius 2 is 2.32 bits per heavy atom. The number of hydrogen-bond donors (Lipinski definition) is 2. The fourth-order valence-electron chi connectivity index (χ4n) is 1.07. The van der Waals surface area contributed by atoms with Crippen molar-refractivity contribution in [3.63, 3.8) is 0 Å². The van der Waals surface area contributed by atoms with Crippen LogP contribution in [0.4, 0.5) is 0 Å². The number of rotatable bonds is 6. The van der Waals surface area contributed by atoms with Crippen LogP contribution >= 0.6 is 0 Å². The summed E-state index contributed by atoms with van der Waals surface area (Å²) >= 11 is 0. The number of nitrogens with zero attached hydrogens (tertiary/aromatic N) is 2. The van der Waals surface area contributed by atoms with Gasteiger partial charge in [-0.1, -0.05) is 0 Å². The van der Waals surface area contributed by atoms with E-state index in [-0.39, 0.29) is 13.2 Å². The summed E-state index contributed by atoms with van der Waals surface area (Å²) in [6, 6.07) is 4.89. The summed E-state index contributed by atoms with van der Waals surface area (Å²) in [5.74, 6) is -1.09. The van der Waals surface area contributed by atoms with E-state index >= 15 is 0 Å². The molecule has 19 heavy (non-hydrogen) atoms. The third kappa shape index (κ3) is 5.83. The number of aromatic nitrogens is 1. The molecule has 0 saturated carbocycles. The van der Waals surface area contributed by atoms with Crippen molar-refractivity contribution in [3.05, 3.63) is 30.1 Å². The number of nitriles is 1. The van der Waals surface area contributed by atoms with Crippen molar-refractivity contribution >= 4 is 18.0 Å². The van der Waals surface area contributed by atoms with Crippen molar-refractivity contribution in [2.45, 2.75) is 0 Å². The van der Waals surface area contributed by atoms with Crippen LogP contribution in [0.1, 0.15) is 5.69 Å². The average molecular weight is 261 g/mol. The Hall–Kier alpha value is -2.88. The molecule has 0 radical (unpaired) electrons. The minimum Gasteiger partial charge on any atom is -0.482 e. The Morgan fingerprint density at radius 3 is 2.89 bits per heavy atom. The molecule has 0 aromatic carbocycles. The Kier molecular flexibility index (Phi) is 5.56. The summed E-state index contributed by atoms with van der Waals surface area (Å²) < 4.78 is 5.12. The zero-order valence-corrected chi connectivity index (χ0v) is 9.87. The number of hydrogen-bond acceptors (Lipinski definition) is 5. The first-order valence-electron chi connectivity index (χ1n) is 5.25. The molecule has 98 valence electrons. The van der Waals surface area contributed by atoms with Crippen LogP contribution in [0, 0.1) is 11.3 Å². The first kappa shape index (κ1) is 14.2. The number of amides is 1. The maximum Gasteiger partial charge on any atom is 0.328 e. The summed E-state index contributed by atoms with van der Waals surface area (Å²) in [5, 5.41) is 19.0. The molecule has 0 unspecified atom stereocenters. The van der Waals surface area contributed by atoms with E-state index in [1.54, 1.807) is 18.2 Å². The van der Waals surface area contributed by atoms with Gasteiger partial charge in [-0.05, 0) is 18.2 Å². The summed E-state index contributed by atoms with van der Waals surface area (Å²) in [6.45, 7) is -0.285. The van der Waals surface area contributed by atoms with Crippen LogP contribution in [0.3, 0.4) is 0 Å². The van der Waals surface area contributed by atoms with E-state index in [4.69, 9.17) is 15.1 Å². The largest absolute Gasteiger partial charge is 0.482 e. The highest BCUT2D eigenvalue weighted by atomic mass is 16.5. The lowest BCUT2D eigenvalue weighted by Crippen LogP contribution is -2.29. The predicted octanol–water partition coefficient (Wildman–Crippen LogP) is 0.198. The van der Waals surface area contributed by atoms with Gasteiger partial charge < -0.3 is 15.2 Å². The Labute approximate surface area is 109 Å². The summed E-state index contributed by atoms with van der Waals surface area (Å²) in [5.41, 5.74) is 0.462. The molecule has 0 spiro atoms. The summed E-state index contributed by atoms with van der Waals surface area (Å²) in [4.78, 5) is 25.4. The first-order valence-corrected chi connectivity index (χ1v) is 5.25. The minimum atomic E-state index is -1.06. The molecule has 1 amide bonds. The fraction of sp³-hybridized carbons (Fsp3) is 0.167. The predicted molar refractivity (Wildman–Crippen MR) is 65.0 cm³/mol. The van der Waals surface area contributed by atoms with E-state index in [9.17, 15) is 9.59 Å².